The Morgan fingerprint density at radius 3 is 2.34 bits per heavy atom. The molecule has 32 heavy (non-hydrogen) atoms. The van der Waals surface area contributed by atoms with Gasteiger partial charge >= 0.3 is 0 Å². The summed E-state index contributed by atoms with van der Waals surface area (Å²) in [7, 11) is 0. The molecule has 5 rings (SSSR count). The SMILES string of the molecule is O=C(c1ccc2ccccc2c1)N1CCC2(CC1)SCCN2C(=O)c1ccc(Cl)cc1Cl. The van der Waals surface area contributed by atoms with Gasteiger partial charge in [0.1, 0.15) is 0 Å². The Labute approximate surface area is 201 Å². The van der Waals surface area contributed by atoms with Crippen molar-refractivity contribution in [2.24, 2.45) is 0 Å². The molecule has 0 bridgehead atoms. The van der Waals surface area contributed by atoms with E-state index in [9.17, 15) is 9.59 Å². The average Bonchev–Trinajstić information content (AvgIpc) is 3.21. The number of hydrogen-bond donors (Lipinski definition) is 0. The van der Waals surface area contributed by atoms with E-state index >= 15 is 0 Å². The number of likely N-dealkylation sites (tertiary alicyclic amines) is 1. The average molecular weight is 485 g/mol. The predicted octanol–water partition coefficient (Wildman–Crippen LogP) is 5.97. The summed E-state index contributed by atoms with van der Waals surface area (Å²) in [6, 6.07) is 18.9. The maximum Gasteiger partial charge on any atom is 0.256 e. The molecule has 4 nitrogen and oxygen atoms in total. The summed E-state index contributed by atoms with van der Waals surface area (Å²) in [4.78, 5) is 30.1. The lowest BCUT2D eigenvalue weighted by Crippen LogP contribution is -2.53. The van der Waals surface area contributed by atoms with Gasteiger partial charge < -0.3 is 9.80 Å². The van der Waals surface area contributed by atoms with Crippen molar-refractivity contribution >= 4 is 57.6 Å². The third kappa shape index (κ3) is 3.87. The summed E-state index contributed by atoms with van der Waals surface area (Å²) >= 11 is 14.1. The maximum atomic E-state index is 13.3. The van der Waals surface area contributed by atoms with Gasteiger partial charge in [-0.2, -0.15) is 0 Å². The predicted molar refractivity (Wildman–Crippen MR) is 132 cm³/mol. The van der Waals surface area contributed by atoms with Crippen LogP contribution < -0.4 is 0 Å². The fourth-order valence-electron chi connectivity index (χ4n) is 4.68. The van der Waals surface area contributed by atoms with Crippen molar-refractivity contribution in [3.63, 3.8) is 0 Å². The fraction of sp³-hybridized carbons (Fsp3) is 0.280. The Balaban J connectivity index is 1.32. The van der Waals surface area contributed by atoms with Crippen LogP contribution in [-0.2, 0) is 0 Å². The molecule has 0 radical (unpaired) electrons. The second-order valence-electron chi connectivity index (χ2n) is 8.23. The minimum Gasteiger partial charge on any atom is -0.338 e. The number of benzene rings is 3. The fourth-order valence-corrected chi connectivity index (χ4v) is 6.63. The molecule has 0 N–H and O–H groups in total. The summed E-state index contributed by atoms with van der Waals surface area (Å²) in [5.41, 5.74) is 1.19. The number of hydrogen-bond acceptors (Lipinski definition) is 3. The molecule has 2 fully saturated rings. The molecule has 164 valence electrons. The van der Waals surface area contributed by atoms with E-state index in [1.165, 1.54) is 0 Å². The molecule has 1 spiro atoms. The first kappa shape index (κ1) is 21.6. The molecule has 2 saturated heterocycles. The van der Waals surface area contributed by atoms with Gasteiger partial charge in [0.2, 0.25) is 0 Å². The first-order valence-corrected chi connectivity index (χ1v) is 12.4. The van der Waals surface area contributed by atoms with Gasteiger partial charge in [0.05, 0.1) is 15.5 Å². The molecule has 3 aromatic carbocycles. The van der Waals surface area contributed by atoms with E-state index in [0.29, 0.717) is 40.8 Å². The van der Waals surface area contributed by atoms with Gasteiger partial charge in [0.15, 0.2) is 0 Å². The number of amides is 2. The number of fused-ring (bicyclic) bond motifs is 1. The molecule has 3 aromatic rings. The third-order valence-electron chi connectivity index (χ3n) is 6.41. The molecule has 2 aliphatic heterocycles. The number of halogens is 2. The van der Waals surface area contributed by atoms with Crippen molar-refractivity contribution in [2.75, 3.05) is 25.4 Å². The quantitative estimate of drug-likeness (QED) is 0.449. The minimum atomic E-state index is -0.291. The molecule has 0 atom stereocenters. The van der Waals surface area contributed by atoms with Gasteiger partial charge in [-0.3, -0.25) is 9.59 Å². The van der Waals surface area contributed by atoms with Gasteiger partial charge in [0.25, 0.3) is 11.8 Å². The zero-order valence-corrected chi connectivity index (χ0v) is 19.7. The highest BCUT2D eigenvalue weighted by Crippen LogP contribution is 2.45. The Bertz CT molecular complexity index is 1210. The number of carbonyl (C=O) groups is 2. The maximum absolute atomic E-state index is 13.3. The molecule has 7 heteroatoms. The van der Waals surface area contributed by atoms with Crippen LogP contribution in [0.2, 0.25) is 10.0 Å². The van der Waals surface area contributed by atoms with Crippen LogP contribution in [0.5, 0.6) is 0 Å². The van der Waals surface area contributed by atoms with Crippen LogP contribution in [0.1, 0.15) is 33.6 Å². The lowest BCUT2D eigenvalue weighted by Gasteiger charge is -2.44. The molecule has 0 unspecified atom stereocenters. The molecule has 2 aliphatic rings. The van der Waals surface area contributed by atoms with Crippen molar-refractivity contribution < 1.29 is 9.59 Å². The van der Waals surface area contributed by atoms with E-state index in [1.807, 2.05) is 64.0 Å². The zero-order chi connectivity index (χ0) is 22.3. The molecule has 2 heterocycles. The van der Waals surface area contributed by atoms with Crippen LogP contribution >= 0.6 is 35.0 Å². The molecule has 0 saturated carbocycles. The van der Waals surface area contributed by atoms with E-state index in [-0.39, 0.29) is 16.7 Å². The topological polar surface area (TPSA) is 40.6 Å². The molecule has 0 aliphatic carbocycles. The van der Waals surface area contributed by atoms with Crippen LogP contribution in [0.25, 0.3) is 10.8 Å². The van der Waals surface area contributed by atoms with Gasteiger partial charge in [-0.1, -0.05) is 53.5 Å². The van der Waals surface area contributed by atoms with Crippen LogP contribution in [0.15, 0.2) is 60.7 Å². The standard InChI is InChI=1S/C25H22Cl2N2O2S/c26-20-7-8-21(22(27)16-20)24(31)29-13-14-32-25(29)9-11-28(12-10-25)23(30)19-6-5-17-3-1-2-4-18(17)15-19/h1-8,15-16H,9-14H2. The number of carbonyl (C=O) groups excluding carboxylic acids is 2. The zero-order valence-electron chi connectivity index (χ0n) is 17.4. The van der Waals surface area contributed by atoms with Gasteiger partial charge in [0, 0.05) is 36.0 Å². The molecule has 2 amide bonds. The number of nitrogens with zero attached hydrogens (tertiary/aromatic N) is 2. The highest BCUT2D eigenvalue weighted by atomic mass is 35.5. The van der Waals surface area contributed by atoms with Crippen molar-refractivity contribution in [3.05, 3.63) is 81.8 Å². The number of thioether (sulfide) groups is 1. The van der Waals surface area contributed by atoms with Crippen LogP contribution in [0.4, 0.5) is 0 Å². The molecular weight excluding hydrogens is 463 g/mol. The summed E-state index contributed by atoms with van der Waals surface area (Å²) in [6.45, 7) is 1.93. The van der Waals surface area contributed by atoms with E-state index in [2.05, 4.69) is 0 Å². The summed E-state index contributed by atoms with van der Waals surface area (Å²) in [5, 5.41) is 3.07. The van der Waals surface area contributed by atoms with Crippen molar-refractivity contribution in [1.29, 1.82) is 0 Å². The van der Waals surface area contributed by atoms with Gasteiger partial charge in [-0.05, 0) is 53.9 Å². The van der Waals surface area contributed by atoms with Crippen molar-refractivity contribution in [2.45, 2.75) is 17.7 Å². The van der Waals surface area contributed by atoms with E-state index in [4.69, 9.17) is 23.2 Å². The smallest absolute Gasteiger partial charge is 0.256 e. The lowest BCUT2D eigenvalue weighted by molar-refractivity contribution is 0.0498. The lowest BCUT2D eigenvalue weighted by atomic mass is 9.99. The highest BCUT2D eigenvalue weighted by Gasteiger charge is 2.47. The first-order valence-electron chi connectivity index (χ1n) is 10.7. The Kier molecular flexibility index (Phi) is 5.82. The third-order valence-corrected chi connectivity index (χ3v) is 8.51. The largest absolute Gasteiger partial charge is 0.338 e. The van der Waals surface area contributed by atoms with Crippen molar-refractivity contribution in [1.82, 2.24) is 9.80 Å². The van der Waals surface area contributed by atoms with Crippen LogP contribution in [-0.4, -0.2) is 51.9 Å². The molecule has 0 aromatic heterocycles. The van der Waals surface area contributed by atoms with Crippen LogP contribution in [0.3, 0.4) is 0 Å². The van der Waals surface area contributed by atoms with E-state index in [1.54, 1.807) is 18.2 Å². The first-order chi connectivity index (χ1) is 15.5. The van der Waals surface area contributed by atoms with Crippen molar-refractivity contribution in [3.8, 4) is 0 Å². The Hall–Kier alpha value is -2.21. The van der Waals surface area contributed by atoms with E-state index < -0.39 is 0 Å². The second kappa shape index (κ2) is 8.62. The Morgan fingerprint density at radius 1 is 0.844 bits per heavy atom. The van der Waals surface area contributed by atoms with E-state index in [0.717, 1.165) is 29.4 Å². The monoisotopic (exact) mass is 484 g/mol. The van der Waals surface area contributed by atoms with Crippen LogP contribution in [0, 0.1) is 0 Å². The summed E-state index contributed by atoms with van der Waals surface area (Å²) in [5.74, 6) is 0.869. The Morgan fingerprint density at radius 2 is 1.59 bits per heavy atom. The summed E-state index contributed by atoms with van der Waals surface area (Å²) in [6.07, 6.45) is 1.49. The van der Waals surface area contributed by atoms with Gasteiger partial charge in [-0.15, -0.1) is 11.8 Å². The minimum absolute atomic E-state index is 0.0484. The van der Waals surface area contributed by atoms with Gasteiger partial charge in [-0.25, -0.2) is 0 Å². The normalized spacial score (nSPS) is 17.8. The summed E-state index contributed by atoms with van der Waals surface area (Å²) < 4.78 is 0. The highest BCUT2D eigenvalue weighted by molar-refractivity contribution is 8.00. The number of piperidine rings is 1. The molecular formula is C25H22Cl2N2O2S. The second-order valence-corrected chi connectivity index (χ2v) is 10.5. The number of rotatable bonds is 2.